The third-order valence-electron chi connectivity index (χ3n) is 5.36. The lowest BCUT2D eigenvalue weighted by Gasteiger charge is -2.17. The van der Waals surface area contributed by atoms with E-state index >= 15 is 0 Å². The number of benzene rings is 3. The zero-order valence-corrected chi connectivity index (χ0v) is 16.5. The molecular weight excluding hydrogens is 411 g/mol. The highest BCUT2D eigenvalue weighted by molar-refractivity contribution is 6.02. The van der Waals surface area contributed by atoms with Crippen LogP contribution >= 0.6 is 0 Å². The topological polar surface area (TPSA) is 104 Å². The monoisotopic (exact) mass is 426 g/mol. The Balaban J connectivity index is 1.94. The first-order valence-electron chi connectivity index (χ1n) is 9.69. The summed E-state index contributed by atoms with van der Waals surface area (Å²) in [6, 6.07) is 20.8. The number of nitro benzene ring substituents is 1. The van der Waals surface area contributed by atoms with Gasteiger partial charge in [0.1, 0.15) is 11.6 Å². The Hall–Kier alpha value is -4.59. The Morgan fingerprint density at radius 3 is 2.47 bits per heavy atom. The summed E-state index contributed by atoms with van der Waals surface area (Å²) in [5.41, 5.74) is 7.05. The SMILES string of the molecule is Nc1c(-c2ccc3ccccc3n2)c2ccc([N+](=O)[O-])cc2c(=O)n1-c1ccccc1F. The summed E-state index contributed by atoms with van der Waals surface area (Å²) in [5, 5.41) is 12.7. The van der Waals surface area contributed by atoms with Crippen LogP contribution in [0.4, 0.5) is 15.9 Å². The molecular formula is C24H15FN4O3. The number of non-ortho nitro benzene ring substituents is 1. The van der Waals surface area contributed by atoms with Crippen LogP contribution in [0.5, 0.6) is 0 Å². The van der Waals surface area contributed by atoms with E-state index in [1.54, 1.807) is 12.1 Å². The lowest BCUT2D eigenvalue weighted by atomic mass is 10.0. The number of nitro groups is 1. The Morgan fingerprint density at radius 2 is 1.69 bits per heavy atom. The van der Waals surface area contributed by atoms with Gasteiger partial charge in [0.05, 0.1) is 27.2 Å². The van der Waals surface area contributed by atoms with Gasteiger partial charge in [-0.2, -0.15) is 0 Å². The van der Waals surface area contributed by atoms with Gasteiger partial charge in [-0.15, -0.1) is 0 Å². The summed E-state index contributed by atoms with van der Waals surface area (Å²) in [5.74, 6) is -0.660. The first-order chi connectivity index (χ1) is 15.5. The van der Waals surface area contributed by atoms with Crippen molar-refractivity contribution in [3.63, 3.8) is 0 Å². The van der Waals surface area contributed by atoms with Gasteiger partial charge in [0, 0.05) is 28.5 Å². The molecule has 0 unspecified atom stereocenters. The minimum absolute atomic E-state index is 0.00997. The maximum absolute atomic E-state index is 14.6. The first-order valence-corrected chi connectivity index (χ1v) is 9.69. The van der Waals surface area contributed by atoms with E-state index in [9.17, 15) is 19.3 Å². The molecule has 0 bridgehead atoms. The molecule has 5 rings (SSSR count). The maximum atomic E-state index is 14.6. The number of aromatic nitrogens is 2. The number of nitrogens with zero attached hydrogens (tertiary/aromatic N) is 3. The third kappa shape index (κ3) is 2.97. The molecule has 3 aromatic carbocycles. The number of hydrogen-bond acceptors (Lipinski definition) is 5. The second-order valence-electron chi connectivity index (χ2n) is 7.23. The lowest BCUT2D eigenvalue weighted by molar-refractivity contribution is -0.384. The van der Waals surface area contributed by atoms with Crippen LogP contribution in [0.3, 0.4) is 0 Å². The Labute approximate surface area is 180 Å². The molecule has 32 heavy (non-hydrogen) atoms. The molecule has 2 heterocycles. The molecule has 0 aliphatic rings. The summed E-state index contributed by atoms with van der Waals surface area (Å²) in [6.45, 7) is 0. The van der Waals surface area contributed by atoms with Gasteiger partial charge in [-0.05, 0) is 30.3 Å². The molecule has 0 saturated heterocycles. The van der Waals surface area contributed by atoms with Crippen LogP contribution in [-0.2, 0) is 0 Å². The van der Waals surface area contributed by atoms with Crippen molar-refractivity contribution in [2.24, 2.45) is 0 Å². The predicted octanol–water partition coefficient (Wildman–Crippen LogP) is 4.84. The van der Waals surface area contributed by atoms with Crippen LogP contribution in [0.1, 0.15) is 0 Å². The number of anilines is 1. The maximum Gasteiger partial charge on any atom is 0.270 e. The van der Waals surface area contributed by atoms with Crippen LogP contribution in [0, 0.1) is 15.9 Å². The summed E-state index contributed by atoms with van der Waals surface area (Å²) in [6.07, 6.45) is 0. The van der Waals surface area contributed by atoms with Gasteiger partial charge in [-0.25, -0.2) is 9.37 Å². The Kier molecular flexibility index (Phi) is 4.41. The summed E-state index contributed by atoms with van der Waals surface area (Å²) in [7, 11) is 0. The first kappa shape index (κ1) is 19.4. The summed E-state index contributed by atoms with van der Waals surface area (Å²) in [4.78, 5) is 28.8. The lowest BCUT2D eigenvalue weighted by Crippen LogP contribution is -2.23. The number of nitrogens with two attached hydrogens (primary N) is 1. The van der Waals surface area contributed by atoms with Crippen LogP contribution in [-0.4, -0.2) is 14.5 Å². The van der Waals surface area contributed by atoms with Gasteiger partial charge < -0.3 is 5.73 Å². The molecule has 0 aliphatic carbocycles. The van der Waals surface area contributed by atoms with E-state index in [4.69, 9.17) is 5.73 Å². The molecule has 2 N–H and O–H groups in total. The van der Waals surface area contributed by atoms with Crippen molar-refractivity contribution in [2.45, 2.75) is 0 Å². The fourth-order valence-electron chi connectivity index (χ4n) is 3.87. The fourth-order valence-corrected chi connectivity index (χ4v) is 3.87. The Morgan fingerprint density at radius 1 is 0.938 bits per heavy atom. The second-order valence-corrected chi connectivity index (χ2v) is 7.23. The third-order valence-corrected chi connectivity index (χ3v) is 5.36. The van der Waals surface area contributed by atoms with Gasteiger partial charge in [0.25, 0.3) is 11.2 Å². The van der Waals surface area contributed by atoms with Gasteiger partial charge in [-0.1, -0.05) is 36.4 Å². The van der Waals surface area contributed by atoms with Gasteiger partial charge in [0.15, 0.2) is 0 Å². The van der Waals surface area contributed by atoms with Gasteiger partial charge >= 0.3 is 0 Å². The van der Waals surface area contributed by atoms with Crippen molar-refractivity contribution < 1.29 is 9.31 Å². The van der Waals surface area contributed by atoms with Crippen molar-refractivity contribution in [2.75, 3.05) is 5.73 Å². The molecule has 156 valence electrons. The van der Waals surface area contributed by atoms with E-state index in [1.165, 1.54) is 36.4 Å². The molecule has 0 amide bonds. The smallest absolute Gasteiger partial charge is 0.270 e. The quantitative estimate of drug-likeness (QED) is 0.329. The van der Waals surface area contributed by atoms with E-state index < -0.39 is 16.3 Å². The minimum atomic E-state index is -0.657. The van der Waals surface area contributed by atoms with Crippen LogP contribution < -0.4 is 11.3 Å². The summed E-state index contributed by atoms with van der Waals surface area (Å²) < 4.78 is 15.7. The molecule has 2 aromatic heterocycles. The average molecular weight is 426 g/mol. The zero-order chi connectivity index (χ0) is 22.4. The highest BCUT2D eigenvalue weighted by atomic mass is 19.1. The van der Waals surface area contributed by atoms with Crippen LogP contribution in [0.25, 0.3) is 38.6 Å². The largest absolute Gasteiger partial charge is 0.384 e. The summed E-state index contributed by atoms with van der Waals surface area (Å²) >= 11 is 0. The molecule has 0 atom stereocenters. The molecule has 7 nitrogen and oxygen atoms in total. The van der Waals surface area contributed by atoms with E-state index in [-0.39, 0.29) is 22.6 Å². The molecule has 5 aromatic rings. The second kappa shape index (κ2) is 7.28. The molecule has 0 saturated carbocycles. The predicted molar refractivity (Wildman–Crippen MR) is 121 cm³/mol. The highest BCUT2D eigenvalue weighted by Crippen LogP contribution is 2.35. The van der Waals surface area contributed by atoms with Crippen molar-refractivity contribution in [1.82, 2.24) is 9.55 Å². The van der Waals surface area contributed by atoms with E-state index in [1.807, 2.05) is 30.3 Å². The number of halogens is 1. The number of hydrogen-bond donors (Lipinski definition) is 1. The zero-order valence-electron chi connectivity index (χ0n) is 16.5. The number of pyridine rings is 2. The van der Waals surface area contributed by atoms with Crippen molar-refractivity contribution in [1.29, 1.82) is 0 Å². The van der Waals surface area contributed by atoms with Crippen molar-refractivity contribution in [3.05, 3.63) is 105 Å². The average Bonchev–Trinajstić information content (AvgIpc) is 2.80. The van der Waals surface area contributed by atoms with Crippen LogP contribution in [0.2, 0.25) is 0 Å². The standard InChI is InChI=1S/C24H15FN4O3/c25-18-6-2-4-8-21(18)28-23(26)22(20-12-9-14-5-1-3-7-19(14)27-20)16-11-10-15(29(31)32)13-17(16)24(28)30/h1-13H,26H2. The number of para-hydroxylation sites is 2. The Bertz CT molecular complexity index is 1610. The van der Waals surface area contributed by atoms with Crippen molar-refractivity contribution >= 4 is 33.2 Å². The number of fused-ring (bicyclic) bond motifs is 2. The van der Waals surface area contributed by atoms with Gasteiger partial charge in [0.2, 0.25) is 0 Å². The molecule has 0 spiro atoms. The highest BCUT2D eigenvalue weighted by Gasteiger charge is 2.22. The van der Waals surface area contributed by atoms with Crippen molar-refractivity contribution in [3.8, 4) is 16.9 Å². The van der Waals surface area contributed by atoms with E-state index in [0.717, 1.165) is 9.95 Å². The van der Waals surface area contributed by atoms with Crippen LogP contribution in [0.15, 0.2) is 83.7 Å². The normalized spacial score (nSPS) is 11.2. The molecule has 0 radical (unpaired) electrons. The number of rotatable bonds is 3. The molecule has 0 fully saturated rings. The van der Waals surface area contributed by atoms with Gasteiger partial charge in [-0.3, -0.25) is 19.5 Å². The minimum Gasteiger partial charge on any atom is -0.384 e. The fraction of sp³-hybridized carbons (Fsp3) is 0. The number of nitrogen functional groups attached to an aromatic ring is 1. The van der Waals surface area contributed by atoms with E-state index in [0.29, 0.717) is 22.2 Å². The molecule has 8 heteroatoms. The molecule has 0 aliphatic heterocycles. The van der Waals surface area contributed by atoms with E-state index in [2.05, 4.69) is 4.98 Å².